The molecule has 130 valence electrons. The number of carbonyl (C=O) groups excluding carboxylic acids is 1. The van der Waals surface area contributed by atoms with E-state index in [1.54, 1.807) is 20.3 Å². The average molecular weight is 332 g/mol. The fourth-order valence-electron chi connectivity index (χ4n) is 2.24. The lowest BCUT2D eigenvalue weighted by Crippen LogP contribution is -2.14. The second kappa shape index (κ2) is 10.3. The Morgan fingerprint density at radius 2 is 2.04 bits per heavy atom. The van der Waals surface area contributed by atoms with Crippen LogP contribution in [0.5, 0.6) is 11.5 Å². The summed E-state index contributed by atoms with van der Waals surface area (Å²) in [6, 6.07) is 5.60. The lowest BCUT2D eigenvalue weighted by molar-refractivity contribution is -0.139. The van der Waals surface area contributed by atoms with Crippen LogP contribution in [0, 0.1) is 17.8 Å². The highest BCUT2D eigenvalue weighted by Gasteiger charge is 2.24. The zero-order valence-electron chi connectivity index (χ0n) is 14.6. The quantitative estimate of drug-likeness (QED) is 0.416. The Morgan fingerprint density at radius 1 is 1.29 bits per heavy atom. The zero-order valence-corrected chi connectivity index (χ0v) is 14.6. The molecule has 0 saturated heterocycles. The van der Waals surface area contributed by atoms with Gasteiger partial charge in [0.1, 0.15) is 12.5 Å². The number of para-hydroxylation sites is 1. The lowest BCUT2D eigenvalue weighted by Gasteiger charge is -2.23. The van der Waals surface area contributed by atoms with Gasteiger partial charge in [-0.1, -0.05) is 30.0 Å². The van der Waals surface area contributed by atoms with Crippen molar-refractivity contribution in [3.63, 3.8) is 0 Å². The minimum atomic E-state index is -0.364. The molecule has 0 spiro atoms. The molecule has 5 nitrogen and oxygen atoms in total. The topological polar surface area (TPSA) is 54.0 Å². The fraction of sp³-hybridized carbons (Fsp3) is 0.421. The first-order valence-electron chi connectivity index (χ1n) is 7.57. The third-order valence-electron chi connectivity index (χ3n) is 3.38. The van der Waals surface area contributed by atoms with Crippen LogP contribution in [0.15, 0.2) is 30.9 Å². The normalized spacial score (nSPS) is 12.3. The maximum absolute atomic E-state index is 11.2. The molecule has 0 aromatic heterocycles. The van der Waals surface area contributed by atoms with Crippen LogP contribution < -0.4 is 9.47 Å². The maximum atomic E-state index is 11.2. The van der Waals surface area contributed by atoms with Crippen LogP contribution in [-0.2, 0) is 14.3 Å². The van der Waals surface area contributed by atoms with Crippen molar-refractivity contribution in [3.05, 3.63) is 36.4 Å². The van der Waals surface area contributed by atoms with E-state index in [0.29, 0.717) is 18.1 Å². The standard InChI is InChI=1S/C19H24O5/c1-6-13-24-18(14(2)9-7-12-17(20)22-4)15-10-8-11-16(21-3)19(15)23-5/h6,8,10-11,14,18H,1,12-13H2,2-5H3/t14-,18+/m0/s1. The molecule has 24 heavy (non-hydrogen) atoms. The van der Waals surface area contributed by atoms with Crippen molar-refractivity contribution >= 4 is 5.97 Å². The molecule has 0 saturated carbocycles. The molecule has 0 fully saturated rings. The second-order valence-electron chi connectivity index (χ2n) is 4.99. The summed E-state index contributed by atoms with van der Waals surface area (Å²) < 4.78 is 21.3. The van der Waals surface area contributed by atoms with E-state index in [2.05, 4.69) is 23.2 Å². The molecule has 1 aromatic carbocycles. The highest BCUT2D eigenvalue weighted by molar-refractivity contribution is 5.72. The van der Waals surface area contributed by atoms with E-state index in [1.807, 2.05) is 25.1 Å². The van der Waals surface area contributed by atoms with Gasteiger partial charge in [0.05, 0.1) is 27.9 Å². The lowest BCUT2D eigenvalue weighted by atomic mass is 9.96. The highest BCUT2D eigenvalue weighted by Crippen LogP contribution is 2.38. The van der Waals surface area contributed by atoms with E-state index in [9.17, 15) is 4.79 Å². The molecule has 1 rings (SSSR count). The Morgan fingerprint density at radius 3 is 2.62 bits per heavy atom. The zero-order chi connectivity index (χ0) is 17.9. The molecule has 0 aliphatic heterocycles. The van der Waals surface area contributed by atoms with Gasteiger partial charge in [-0.3, -0.25) is 4.79 Å². The van der Waals surface area contributed by atoms with Crippen LogP contribution >= 0.6 is 0 Å². The molecular formula is C19H24O5. The summed E-state index contributed by atoms with van der Waals surface area (Å²) in [6.45, 7) is 5.98. The van der Waals surface area contributed by atoms with Crippen molar-refractivity contribution < 1.29 is 23.7 Å². The predicted octanol–water partition coefficient (Wildman–Crippen LogP) is 3.15. The Kier molecular flexibility index (Phi) is 8.45. The molecule has 0 amide bonds. The Balaban J connectivity index is 3.12. The van der Waals surface area contributed by atoms with E-state index < -0.39 is 0 Å². The van der Waals surface area contributed by atoms with Gasteiger partial charge < -0.3 is 18.9 Å². The van der Waals surface area contributed by atoms with Gasteiger partial charge >= 0.3 is 5.97 Å². The molecule has 0 N–H and O–H groups in total. The molecule has 0 aliphatic carbocycles. The Bertz CT molecular complexity index is 612. The first kappa shape index (κ1) is 19.6. The van der Waals surface area contributed by atoms with Crippen LogP contribution in [-0.4, -0.2) is 33.9 Å². The van der Waals surface area contributed by atoms with Gasteiger partial charge in [-0.15, -0.1) is 6.58 Å². The van der Waals surface area contributed by atoms with Crippen LogP contribution in [0.1, 0.15) is 25.0 Å². The van der Waals surface area contributed by atoms with Crippen molar-refractivity contribution in [3.8, 4) is 23.3 Å². The first-order chi connectivity index (χ1) is 11.6. The third kappa shape index (κ3) is 5.32. The number of rotatable bonds is 8. The van der Waals surface area contributed by atoms with Crippen molar-refractivity contribution in [1.29, 1.82) is 0 Å². The summed E-state index contributed by atoms with van der Waals surface area (Å²) in [5, 5.41) is 0. The largest absolute Gasteiger partial charge is 0.493 e. The van der Waals surface area contributed by atoms with Crippen molar-refractivity contribution in [2.24, 2.45) is 5.92 Å². The third-order valence-corrected chi connectivity index (χ3v) is 3.38. The molecular weight excluding hydrogens is 308 g/mol. The summed E-state index contributed by atoms with van der Waals surface area (Å²) in [4.78, 5) is 11.2. The summed E-state index contributed by atoms with van der Waals surface area (Å²) in [7, 11) is 4.50. The van der Waals surface area contributed by atoms with Crippen molar-refractivity contribution in [1.82, 2.24) is 0 Å². The molecule has 0 aliphatic rings. The van der Waals surface area contributed by atoms with Gasteiger partial charge in [-0.25, -0.2) is 0 Å². The Hall–Kier alpha value is -2.45. The minimum absolute atomic E-state index is 0.0459. The summed E-state index contributed by atoms with van der Waals surface area (Å²) in [5.74, 6) is 6.56. The van der Waals surface area contributed by atoms with Crippen LogP contribution in [0.3, 0.4) is 0 Å². The van der Waals surface area contributed by atoms with Crippen LogP contribution in [0.25, 0.3) is 0 Å². The van der Waals surface area contributed by atoms with E-state index in [0.717, 1.165) is 5.56 Å². The molecule has 0 bridgehead atoms. The Labute approximate surface area is 143 Å². The predicted molar refractivity (Wildman–Crippen MR) is 92.0 cm³/mol. The molecule has 0 heterocycles. The average Bonchev–Trinajstić information content (AvgIpc) is 2.61. The number of methoxy groups -OCH3 is 3. The number of hydrogen-bond acceptors (Lipinski definition) is 5. The van der Waals surface area contributed by atoms with Gasteiger partial charge in [0.25, 0.3) is 0 Å². The minimum Gasteiger partial charge on any atom is -0.493 e. The monoisotopic (exact) mass is 332 g/mol. The van der Waals surface area contributed by atoms with Gasteiger partial charge in [0.15, 0.2) is 11.5 Å². The van der Waals surface area contributed by atoms with E-state index in [4.69, 9.17) is 14.2 Å². The summed E-state index contributed by atoms with van der Waals surface area (Å²) in [6.07, 6.45) is 1.37. The summed E-state index contributed by atoms with van der Waals surface area (Å²) in [5.41, 5.74) is 0.832. The molecule has 1 aromatic rings. The van der Waals surface area contributed by atoms with Gasteiger partial charge in [0, 0.05) is 11.5 Å². The SMILES string of the molecule is C=CCO[C@@H](c1cccc(OC)c1OC)[C@@H](C)C#CCC(=O)OC. The number of benzene rings is 1. The number of esters is 1. The molecule has 0 unspecified atom stereocenters. The first-order valence-corrected chi connectivity index (χ1v) is 7.57. The smallest absolute Gasteiger partial charge is 0.317 e. The van der Waals surface area contributed by atoms with Crippen molar-refractivity contribution in [2.75, 3.05) is 27.9 Å². The van der Waals surface area contributed by atoms with Crippen LogP contribution in [0.2, 0.25) is 0 Å². The van der Waals surface area contributed by atoms with Crippen molar-refractivity contribution in [2.45, 2.75) is 19.4 Å². The number of hydrogen-bond donors (Lipinski definition) is 0. The van der Waals surface area contributed by atoms with Gasteiger partial charge in [-0.2, -0.15) is 0 Å². The number of ether oxygens (including phenoxy) is 4. The second-order valence-corrected chi connectivity index (χ2v) is 4.99. The van der Waals surface area contributed by atoms with E-state index in [-0.39, 0.29) is 24.4 Å². The van der Waals surface area contributed by atoms with Gasteiger partial charge in [-0.05, 0) is 13.0 Å². The van der Waals surface area contributed by atoms with E-state index >= 15 is 0 Å². The highest BCUT2D eigenvalue weighted by atomic mass is 16.5. The fourth-order valence-corrected chi connectivity index (χ4v) is 2.24. The van der Waals surface area contributed by atoms with Gasteiger partial charge in [0.2, 0.25) is 0 Å². The van der Waals surface area contributed by atoms with Crippen LogP contribution in [0.4, 0.5) is 0 Å². The molecule has 0 radical (unpaired) electrons. The maximum Gasteiger partial charge on any atom is 0.317 e. The molecule has 2 atom stereocenters. The molecule has 5 heteroatoms. The summed E-state index contributed by atoms with van der Waals surface area (Å²) >= 11 is 0. The number of carbonyl (C=O) groups is 1. The van der Waals surface area contributed by atoms with E-state index in [1.165, 1.54) is 7.11 Å².